The lowest BCUT2D eigenvalue weighted by Gasteiger charge is -2.08. The summed E-state index contributed by atoms with van der Waals surface area (Å²) in [6.07, 6.45) is 1.34. The Morgan fingerprint density at radius 3 is 2.33 bits per heavy atom. The number of halogens is 2. The number of sulfone groups is 1. The number of rotatable bonds is 5. The van der Waals surface area contributed by atoms with E-state index in [1.165, 1.54) is 0 Å². The topological polar surface area (TPSA) is 70.0 Å². The quantitative estimate of drug-likeness (QED) is 0.829. The molecule has 1 rings (SSSR count). The van der Waals surface area contributed by atoms with Gasteiger partial charge in [-0.2, -0.15) is 5.26 Å². The van der Waals surface area contributed by atoms with E-state index in [2.05, 4.69) is 5.32 Å². The van der Waals surface area contributed by atoms with Crippen molar-refractivity contribution in [1.29, 1.82) is 5.26 Å². The minimum Gasteiger partial charge on any atom is -0.380 e. The van der Waals surface area contributed by atoms with E-state index >= 15 is 0 Å². The van der Waals surface area contributed by atoms with E-state index in [0.717, 1.165) is 18.4 Å². The van der Waals surface area contributed by atoms with Gasteiger partial charge in [0.25, 0.3) is 0 Å². The van der Waals surface area contributed by atoms with E-state index in [-0.39, 0.29) is 30.0 Å². The predicted octanol–water partition coefficient (Wildman–Crippen LogP) is 1.68. The Balaban J connectivity index is 2.66. The fraction of sp³-hybridized carbons (Fsp3) is 0.364. The van der Waals surface area contributed by atoms with E-state index in [1.54, 1.807) is 6.07 Å². The Labute approximate surface area is 104 Å². The fourth-order valence-electron chi connectivity index (χ4n) is 1.35. The third kappa shape index (κ3) is 4.30. The summed E-state index contributed by atoms with van der Waals surface area (Å²) in [7, 11) is -3.08. The second-order valence-electron chi connectivity index (χ2n) is 3.84. The molecule has 0 heterocycles. The average Bonchev–Trinajstić information content (AvgIpc) is 2.25. The lowest BCUT2D eigenvalue weighted by atomic mass is 10.2. The Morgan fingerprint density at radius 2 is 1.89 bits per heavy atom. The molecule has 0 saturated heterocycles. The number of hydrogen-bond acceptors (Lipinski definition) is 4. The first-order valence-electron chi connectivity index (χ1n) is 5.14. The van der Waals surface area contributed by atoms with Gasteiger partial charge in [-0.15, -0.1) is 0 Å². The van der Waals surface area contributed by atoms with E-state index in [9.17, 15) is 17.2 Å². The lowest BCUT2D eigenvalue weighted by Crippen LogP contribution is -2.11. The summed E-state index contributed by atoms with van der Waals surface area (Å²) in [5.41, 5.74) is -0.450. The number of anilines is 1. The Kier molecular flexibility index (Phi) is 4.62. The van der Waals surface area contributed by atoms with Gasteiger partial charge in [0.2, 0.25) is 0 Å². The molecular weight excluding hydrogens is 262 g/mol. The van der Waals surface area contributed by atoms with Crippen molar-refractivity contribution in [3.63, 3.8) is 0 Å². The van der Waals surface area contributed by atoms with Gasteiger partial charge in [-0.1, -0.05) is 0 Å². The van der Waals surface area contributed by atoms with E-state index in [1.807, 2.05) is 0 Å². The van der Waals surface area contributed by atoms with Crippen molar-refractivity contribution in [3.8, 4) is 6.07 Å². The van der Waals surface area contributed by atoms with Crippen LogP contribution in [0.25, 0.3) is 0 Å². The van der Waals surface area contributed by atoms with Gasteiger partial charge in [0.1, 0.15) is 15.5 Å². The minimum absolute atomic E-state index is 0.0560. The van der Waals surface area contributed by atoms with Crippen LogP contribution in [-0.2, 0) is 9.84 Å². The van der Waals surface area contributed by atoms with Crippen LogP contribution in [0.5, 0.6) is 0 Å². The molecule has 0 saturated carbocycles. The molecule has 18 heavy (non-hydrogen) atoms. The van der Waals surface area contributed by atoms with Gasteiger partial charge in [-0.25, -0.2) is 17.2 Å². The van der Waals surface area contributed by atoms with Crippen LogP contribution < -0.4 is 5.32 Å². The third-order valence-electron chi connectivity index (χ3n) is 2.16. The minimum atomic E-state index is -3.08. The average molecular weight is 274 g/mol. The molecule has 0 aromatic heterocycles. The zero-order valence-corrected chi connectivity index (χ0v) is 10.5. The Morgan fingerprint density at radius 1 is 1.33 bits per heavy atom. The van der Waals surface area contributed by atoms with Crippen molar-refractivity contribution in [2.75, 3.05) is 23.9 Å². The summed E-state index contributed by atoms with van der Waals surface area (Å²) < 4.78 is 48.5. The predicted molar refractivity (Wildman–Crippen MR) is 63.9 cm³/mol. The molecule has 1 aromatic carbocycles. The van der Waals surface area contributed by atoms with Crippen molar-refractivity contribution >= 4 is 15.5 Å². The summed E-state index contributed by atoms with van der Waals surface area (Å²) in [6, 6.07) is 3.47. The van der Waals surface area contributed by atoms with E-state index < -0.39 is 21.5 Å². The summed E-state index contributed by atoms with van der Waals surface area (Å²) in [4.78, 5) is 0. The monoisotopic (exact) mass is 274 g/mol. The van der Waals surface area contributed by atoms with Gasteiger partial charge < -0.3 is 5.32 Å². The second kappa shape index (κ2) is 5.78. The van der Waals surface area contributed by atoms with Gasteiger partial charge in [0.05, 0.1) is 17.4 Å². The van der Waals surface area contributed by atoms with Gasteiger partial charge in [-0.3, -0.25) is 0 Å². The maximum absolute atomic E-state index is 13.4. The fourth-order valence-corrected chi connectivity index (χ4v) is 2.02. The maximum Gasteiger partial charge on any atom is 0.150 e. The molecule has 7 heteroatoms. The van der Waals surface area contributed by atoms with Crippen molar-refractivity contribution in [3.05, 3.63) is 29.3 Å². The van der Waals surface area contributed by atoms with Crippen LogP contribution >= 0.6 is 0 Å². The van der Waals surface area contributed by atoms with Crippen molar-refractivity contribution < 1.29 is 17.2 Å². The van der Waals surface area contributed by atoms with Crippen molar-refractivity contribution in [1.82, 2.24) is 0 Å². The molecule has 0 atom stereocenters. The highest BCUT2D eigenvalue weighted by Gasteiger charge is 2.11. The number of benzene rings is 1. The standard InChI is InChI=1S/C11H12F2N2O2S/c1-18(16,17)4-2-3-15-11-9(12)5-8(7-14)6-10(11)13/h5-6,15H,2-4H2,1H3. The van der Waals surface area contributed by atoms with Crippen LogP contribution in [0, 0.1) is 23.0 Å². The van der Waals surface area contributed by atoms with Crippen molar-refractivity contribution in [2.45, 2.75) is 6.42 Å². The molecule has 0 unspecified atom stereocenters. The Hall–Kier alpha value is -1.68. The summed E-state index contributed by atoms with van der Waals surface area (Å²) >= 11 is 0. The van der Waals surface area contributed by atoms with Crippen LogP contribution in [0.15, 0.2) is 12.1 Å². The number of hydrogen-bond donors (Lipinski definition) is 1. The molecule has 0 aliphatic rings. The second-order valence-corrected chi connectivity index (χ2v) is 6.10. The van der Waals surface area contributed by atoms with Crippen LogP contribution in [-0.4, -0.2) is 27.0 Å². The largest absolute Gasteiger partial charge is 0.380 e. The van der Waals surface area contributed by atoms with Gasteiger partial charge >= 0.3 is 0 Å². The normalized spacial score (nSPS) is 11.0. The van der Waals surface area contributed by atoms with Gasteiger partial charge in [0.15, 0.2) is 11.6 Å². The highest BCUT2D eigenvalue weighted by Crippen LogP contribution is 2.20. The molecular formula is C11H12F2N2O2S. The van der Waals surface area contributed by atoms with Gasteiger partial charge in [-0.05, 0) is 18.6 Å². The Bertz CT molecular complexity index is 556. The molecule has 1 N–H and O–H groups in total. The third-order valence-corrected chi connectivity index (χ3v) is 3.20. The lowest BCUT2D eigenvalue weighted by molar-refractivity contribution is 0.586. The molecule has 0 bridgehead atoms. The molecule has 98 valence electrons. The first-order chi connectivity index (χ1) is 8.33. The summed E-state index contributed by atoms with van der Waals surface area (Å²) in [5.74, 6) is -1.80. The maximum atomic E-state index is 13.4. The SMILES string of the molecule is CS(=O)(=O)CCCNc1c(F)cc(C#N)cc1F. The van der Waals surface area contributed by atoms with Crippen LogP contribution in [0.2, 0.25) is 0 Å². The molecule has 0 aliphatic heterocycles. The number of nitrogens with one attached hydrogen (secondary N) is 1. The zero-order chi connectivity index (χ0) is 13.8. The molecule has 0 fully saturated rings. The van der Waals surface area contributed by atoms with Crippen LogP contribution in [0.4, 0.5) is 14.5 Å². The van der Waals surface area contributed by atoms with Gasteiger partial charge in [0, 0.05) is 12.8 Å². The molecule has 4 nitrogen and oxygen atoms in total. The van der Waals surface area contributed by atoms with E-state index in [0.29, 0.717) is 0 Å². The number of nitriles is 1. The molecule has 0 spiro atoms. The van der Waals surface area contributed by atoms with Crippen LogP contribution in [0.3, 0.4) is 0 Å². The van der Waals surface area contributed by atoms with E-state index in [4.69, 9.17) is 5.26 Å². The summed E-state index contributed by atoms with van der Waals surface area (Å²) in [5, 5.41) is 11.0. The highest BCUT2D eigenvalue weighted by molar-refractivity contribution is 7.90. The zero-order valence-electron chi connectivity index (χ0n) is 9.70. The molecule has 0 aliphatic carbocycles. The first-order valence-corrected chi connectivity index (χ1v) is 7.20. The number of nitrogens with zero attached hydrogens (tertiary/aromatic N) is 1. The smallest absolute Gasteiger partial charge is 0.150 e. The molecule has 0 amide bonds. The van der Waals surface area contributed by atoms with Crippen molar-refractivity contribution in [2.24, 2.45) is 0 Å². The molecule has 0 radical (unpaired) electrons. The first kappa shape index (κ1) is 14.4. The summed E-state index contributed by atoms with van der Waals surface area (Å²) in [6.45, 7) is 0.132. The highest BCUT2D eigenvalue weighted by atomic mass is 32.2. The van der Waals surface area contributed by atoms with Crippen LogP contribution in [0.1, 0.15) is 12.0 Å². The molecule has 1 aromatic rings.